The Balaban J connectivity index is 2.20. The number of methoxy groups -OCH3 is 4. The Hall–Kier alpha value is -2.60. The molecule has 0 saturated carbocycles. The van der Waals surface area contributed by atoms with Crippen molar-refractivity contribution in [1.29, 1.82) is 0 Å². The number of hydrogen-bond acceptors (Lipinski definition) is 6. The first kappa shape index (κ1) is 17.7. The highest BCUT2D eigenvalue weighted by Crippen LogP contribution is 2.38. The van der Waals surface area contributed by atoms with Gasteiger partial charge in [-0.1, -0.05) is 0 Å². The van der Waals surface area contributed by atoms with E-state index < -0.39 is 0 Å². The standard InChI is InChI=1S/C18H22O6/c1-20-15-6-5-14(9-13(15)10-19)24-11-12-7-16(21-2)18(23-4)17(8-12)22-3/h5-9,19H,10-11H2,1-4H3. The molecule has 6 nitrogen and oxygen atoms in total. The Morgan fingerprint density at radius 3 is 1.92 bits per heavy atom. The van der Waals surface area contributed by atoms with E-state index in [-0.39, 0.29) is 6.61 Å². The number of rotatable bonds is 8. The molecular weight excluding hydrogens is 312 g/mol. The Bertz CT molecular complexity index is 658. The van der Waals surface area contributed by atoms with Gasteiger partial charge in [0.2, 0.25) is 5.75 Å². The van der Waals surface area contributed by atoms with Crippen molar-refractivity contribution < 1.29 is 28.8 Å². The average Bonchev–Trinajstić information content (AvgIpc) is 2.64. The minimum absolute atomic E-state index is 0.120. The molecule has 2 aromatic carbocycles. The number of benzene rings is 2. The third-order valence-corrected chi connectivity index (χ3v) is 3.55. The Morgan fingerprint density at radius 1 is 0.792 bits per heavy atom. The van der Waals surface area contributed by atoms with Gasteiger partial charge >= 0.3 is 0 Å². The minimum Gasteiger partial charge on any atom is -0.496 e. The van der Waals surface area contributed by atoms with Crippen LogP contribution in [-0.4, -0.2) is 33.5 Å². The van der Waals surface area contributed by atoms with Crippen LogP contribution in [0.1, 0.15) is 11.1 Å². The lowest BCUT2D eigenvalue weighted by Crippen LogP contribution is -2.01. The maximum Gasteiger partial charge on any atom is 0.203 e. The van der Waals surface area contributed by atoms with Gasteiger partial charge in [-0.15, -0.1) is 0 Å². The second-order valence-electron chi connectivity index (χ2n) is 4.95. The normalized spacial score (nSPS) is 10.2. The van der Waals surface area contributed by atoms with Crippen molar-refractivity contribution >= 4 is 0 Å². The van der Waals surface area contributed by atoms with E-state index in [1.54, 1.807) is 46.6 Å². The highest BCUT2D eigenvalue weighted by Gasteiger charge is 2.13. The van der Waals surface area contributed by atoms with Crippen LogP contribution in [0.15, 0.2) is 30.3 Å². The fraction of sp³-hybridized carbons (Fsp3) is 0.333. The zero-order valence-electron chi connectivity index (χ0n) is 14.3. The first-order valence-corrected chi connectivity index (χ1v) is 7.36. The van der Waals surface area contributed by atoms with E-state index >= 15 is 0 Å². The lowest BCUT2D eigenvalue weighted by atomic mass is 10.2. The molecule has 0 radical (unpaired) electrons. The summed E-state index contributed by atoms with van der Waals surface area (Å²) in [5.74, 6) is 2.93. The molecule has 1 N–H and O–H groups in total. The highest BCUT2D eigenvalue weighted by atomic mass is 16.5. The van der Waals surface area contributed by atoms with Gasteiger partial charge in [0.15, 0.2) is 11.5 Å². The summed E-state index contributed by atoms with van der Waals surface area (Å²) in [5.41, 5.74) is 1.53. The summed E-state index contributed by atoms with van der Waals surface area (Å²) in [6.07, 6.45) is 0. The number of aliphatic hydroxyl groups excluding tert-OH is 1. The van der Waals surface area contributed by atoms with Gasteiger partial charge in [-0.25, -0.2) is 0 Å². The molecule has 0 unspecified atom stereocenters. The van der Waals surface area contributed by atoms with Gasteiger partial charge in [0.1, 0.15) is 18.1 Å². The molecular formula is C18H22O6. The van der Waals surface area contributed by atoms with Crippen molar-refractivity contribution in [3.05, 3.63) is 41.5 Å². The molecule has 2 aromatic rings. The molecule has 0 aromatic heterocycles. The smallest absolute Gasteiger partial charge is 0.203 e. The average molecular weight is 334 g/mol. The molecule has 0 heterocycles. The van der Waals surface area contributed by atoms with Gasteiger partial charge in [-0.2, -0.15) is 0 Å². The van der Waals surface area contributed by atoms with Gasteiger partial charge in [0.25, 0.3) is 0 Å². The number of aliphatic hydroxyl groups is 1. The zero-order chi connectivity index (χ0) is 17.5. The van der Waals surface area contributed by atoms with Gasteiger partial charge in [0.05, 0.1) is 35.0 Å². The SMILES string of the molecule is COc1ccc(OCc2cc(OC)c(OC)c(OC)c2)cc1CO. The summed E-state index contributed by atoms with van der Waals surface area (Å²) in [7, 11) is 6.26. The molecule has 24 heavy (non-hydrogen) atoms. The fourth-order valence-electron chi connectivity index (χ4n) is 2.35. The van der Waals surface area contributed by atoms with Crippen LogP contribution in [0.5, 0.6) is 28.7 Å². The van der Waals surface area contributed by atoms with E-state index in [2.05, 4.69) is 0 Å². The molecule has 2 rings (SSSR count). The topological polar surface area (TPSA) is 66.4 Å². The van der Waals surface area contributed by atoms with Crippen LogP contribution in [0.3, 0.4) is 0 Å². The van der Waals surface area contributed by atoms with E-state index in [0.29, 0.717) is 40.9 Å². The first-order chi connectivity index (χ1) is 11.7. The van der Waals surface area contributed by atoms with Gasteiger partial charge in [-0.3, -0.25) is 0 Å². The van der Waals surface area contributed by atoms with Crippen LogP contribution < -0.4 is 23.7 Å². The molecule has 0 atom stereocenters. The van der Waals surface area contributed by atoms with E-state index in [0.717, 1.165) is 5.56 Å². The third-order valence-electron chi connectivity index (χ3n) is 3.55. The lowest BCUT2D eigenvalue weighted by molar-refractivity contribution is 0.269. The first-order valence-electron chi connectivity index (χ1n) is 7.36. The van der Waals surface area contributed by atoms with Crippen molar-refractivity contribution in [2.24, 2.45) is 0 Å². The molecule has 130 valence electrons. The van der Waals surface area contributed by atoms with Crippen LogP contribution in [-0.2, 0) is 13.2 Å². The predicted molar refractivity (Wildman–Crippen MR) is 89.3 cm³/mol. The maximum atomic E-state index is 9.37. The number of hydrogen-bond donors (Lipinski definition) is 1. The highest BCUT2D eigenvalue weighted by molar-refractivity contribution is 5.53. The molecule has 0 amide bonds. The Kier molecular flexibility index (Phi) is 6.14. The van der Waals surface area contributed by atoms with Gasteiger partial charge in [0, 0.05) is 5.56 Å². The van der Waals surface area contributed by atoms with E-state index in [9.17, 15) is 5.11 Å². The molecule has 0 aliphatic heterocycles. The molecule has 0 fully saturated rings. The molecule has 0 aliphatic rings. The van der Waals surface area contributed by atoms with Crippen LogP contribution >= 0.6 is 0 Å². The van der Waals surface area contributed by atoms with E-state index in [1.165, 1.54) is 0 Å². The predicted octanol–water partition coefficient (Wildman–Crippen LogP) is 2.79. The summed E-state index contributed by atoms with van der Waals surface area (Å²) in [6, 6.07) is 8.96. The monoisotopic (exact) mass is 334 g/mol. The van der Waals surface area contributed by atoms with Crippen molar-refractivity contribution in [2.45, 2.75) is 13.2 Å². The van der Waals surface area contributed by atoms with Gasteiger partial charge in [-0.05, 0) is 35.9 Å². The minimum atomic E-state index is -0.120. The van der Waals surface area contributed by atoms with Crippen molar-refractivity contribution in [3.63, 3.8) is 0 Å². The number of ether oxygens (including phenoxy) is 5. The Labute approximate surface area is 141 Å². The second kappa shape index (κ2) is 8.31. The lowest BCUT2D eigenvalue weighted by Gasteiger charge is -2.15. The third kappa shape index (κ3) is 3.83. The fourth-order valence-corrected chi connectivity index (χ4v) is 2.35. The zero-order valence-corrected chi connectivity index (χ0v) is 14.3. The summed E-state index contributed by atoms with van der Waals surface area (Å²) in [5, 5.41) is 9.37. The molecule has 6 heteroatoms. The molecule has 0 saturated heterocycles. The van der Waals surface area contributed by atoms with Crippen molar-refractivity contribution in [3.8, 4) is 28.7 Å². The van der Waals surface area contributed by atoms with Crippen LogP contribution in [0.25, 0.3) is 0 Å². The van der Waals surface area contributed by atoms with Gasteiger partial charge < -0.3 is 28.8 Å². The summed E-state index contributed by atoms with van der Waals surface area (Å²) in [4.78, 5) is 0. The summed E-state index contributed by atoms with van der Waals surface area (Å²) in [6.45, 7) is 0.193. The molecule has 0 bridgehead atoms. The van der Waals surface area contributed by atoms with E-state index in [1.807, 2.05) is 12.1 Å². The Morgan fingerprint density at radius 2 is 1.42 bits per heavy atom. The van der Waals surface area contributed by atoms with Crippen LogP contribution in [0, 0.1) is 0 Å². The largest absolute Gasteiger partial charge is 0.496 e. The summed E-state index contributed by atoms with van der Waals surface area (Å²) >= 11 is 0. The van der Waals surface area contributed by atoms with Crippen molar-refractivity contribution in [1.82, 2.24) is 0 Å². The summed E-state index contributed by atoms with van der Waals surface area (Å²) < 4.78 is 26.9. The molecule has 0 aliphatic carbocycles. The molecule has 0 spiro atoms. The maximum absolute atomic E-state index is 9.37. The van der Waals surface area contributed by atoms with Crippen LogP contribution in [0.2, 0.25) is 0 Å². The van der Waals surface area contributed by atoms with E-state index in [4.69, 9.17) is 23.7 Å². The quantitative estimate of drug-likeness (QED) is 0.801. The van der Waals surface area contributed by atoms with Crippen LogP contribution in [0.4, 0.5) is 0 Å². The second-order valence-corrected chi connectivity index (χ2v) is 4.95. The van der Waals surface area contributed by atoms with Crippen molar-refractivity contribution in [2.75, 3.05) is 28.4 Å².